The average molecular weight is 381 g/mol. The minimum atomic E-state index is 0. The van der Waals surface area contributed by atoms with Crippen LogP contribution in [0.3, 0.4) is 0 Å². The molecule has 0 atom stereocenters. The number of hydrogen-bond donors (Lipinski definition) is 2. The van der Waals surface area contributed by atoms with Gasteiger partial charge in [0.1, 0.15) is 0 Å². The zero-order valence-electron chi connectivity index (χ0n) is 12.3. The Balaban J connectivity index is 0.00000324. The maximum absolute atomic E-state index is 5.34. The maximum atomic E-state index is 5.34. The van der Waals surface area contributed by atoms with Gasteiger partial charge in [0.05, 0.1) is 24.9 Å². The van der Waals surface area contributed by atoms with Crippen molar-refractivity contribution in [3.05, 3.63) is 11.3 Å². The summed E-state index contributed by atoms with van der Waals surface area (Å²) in [5.74, 6) is 1.58. The Kier molecular flexibility index (Phi) is 8.53. The summed E-state index contributed by atoms with van der Waals surface area (Å²) in [5, 5.41) is 10.7. The molecule has 0 aliphatic heterocycles. The van der Waals surface area contributed by atoms with Gasteiger partial charge in [-0.05, 0) is 20.8 Å². The molecule has 0 saturated carbocycles. The molecule has 0 amide bonds. The molecule has 6 nitrogen and oxygen atoms in total. The van der Waals surface area contributed by atoms with E-state index in [0.717, 1.165) is 36.2 Å². The Labute approximate surface area is 132 Å². The van der Waals surface area contributed by atoms with E-state index in [2.05, 4.69) is 20.7 Å². The largest absolute Gasteiger partial charge is 0.481 e. The molecule has 0 fully saturated rings. The van der Waals surface area contributed by atoms with Gasteiger partial charge in [0.15, 0.2) is 5.96 Å². The summed E-state index contributed by atoms with van der Waals surface area (Å²) in [5.41, 5.74) is 1.97. The fourth-order valence-electron chi connectivity index (χ4n) is 1.79. The van der Waals surface area contributed by atoms with E-state index in [-0.39, 0.29) is 24.0 Å². The van der Waals surface area contributed by atoms with Gasteiger partial charge >= 0.3 is 0 Å². The van der Waals surface area contributed by atoms with Gasteiger partial charge < -0.3 is 15.4 Å². The first kappa shape index (κ1) is 18.0. The number of rotatable bonds is 5. The van der Waals surface area contributed by atoms with Gasteiger partial charge in [0, 0.05) is 20.1 Å². The Morgan fingerprint density at radius 3 is 2.37 bits per heavy atom. The van der Waals surface area contributed by atoms with Crippen molar-refractivity contribution in [1.82, 2.24) is 20.4 Å². The summed E-state index contributed by atoms with van der Waals surface area (Å²) in [4.78, 5) is 4.52. The molecular formula is C12H24IN5O. The molecule has 2 N–H and O–H groups in total. The predicted molar refractivity (Wildman–Crippen MR) is 88.4 cm³/mol. The third-order valence-electron chi connectivity index (χ3n) is 2.57. The molecule has 1 aromatic heterocycles. The van der Waals surface area contributed by atoms with E-state index in [1.165, 1.54) is 0 Å². The van der Waals surface area contributed by atoms with Crippen molar-refractivity contribution in [2.75, 3.05) is 20.2 Å². The predicted octanol–water partition coefficient (Wildman–Crippen LogP) is 1.43. The Morgan fingerprint density at radius 1 is 1.32 bits per heavy atom. The molecule has 0 spiro atoms. The van der Waals surface area contributed by atoms with Crippen molar-refractivity contribution in [1.29, 1.82) is 0 Å². The van der Waals surface area contributed by atoms with Crippen LogP contribution in [0.15, 0.2) is 4.99 Å². The number of nitrogens with one attached hydrogen (secondary N) is 2. The van der Waals surface area contributed by atoms with Gasteiger partial charge in [0.25, 0.3) is 0 Å². The van der Waals surface area contributed by atoms with Crippen LogP contribution in [0.5, 0.6) is 5.88 Å². The van der Waals surface area contributed by atoms with Crippen molar-refractivity contribution in [2.45, 2.75) is 27.3 Å². The smallest absolute Gasteiger partial charge is 0.216 e. The van der Waals surface area contributed by atoms with E-state index in [1.54, 1.807) is 11.8 Å². The lowest BCUT2D eigenvalue weighted by molar-refractivity contribution is 0.369. The van der Waals surface area contributed by atoms with Crippen LogP contribution in [0.4, 0.5) is 0 Å². The van der Waals surface area contributed by atoms with E-state index in [9.17, 15) is 0 Å². The molecule has 1 heterocycles. The van der Waals surface area contributed by atoms with Crippen molar-refractivity contribution in [3.63, 3.8) is 0 Å². The van der Waals surface area contributed by atoms with Crippen LogP contribution in [-0.4, -0.2) is 35.9 Å². The SMILES string of the molecule is CCNC(=NCc1c(C)nn(C)c1OC)NCC.I. The first-order chi connectivity index (χ1) is 8.63. The average Bonchev–Trinajstić information content (AvgIpc) is 2.60. The molecule has 0 radical (unpaired) electrons. The van der Waals surface area contributed by atoms with Crippen LogP contribution in [0.1, 0.15) is 25.1 Å². The van der Waals surface area contributed by atoms with E-state index in [4.69, 9.17) is 4.74 Å². The Hall–Kier alpha value is -0.990. The highest BCUT2D eigenvalue weighted by Crippen LogP contribution is 2.21. The zero-order valence-corrected chi connectivity index (χ0v) is 14.6. The molecular weight excluding hydrogens is 357 g/mol. The first-order valence-corrected chi connectivity index (χ1v) is 6.22. The van der Waals surface area contributed by atoms with Gasteiger partial charge in [-0.3, -0.25) is 0 Å². The summed E-state index contributed by atoms with van der Waals surface area (Å²) in [7, 11) is 3.52. The fourth-order valence-corrected chi connectivity index (χ4v) is 1.79. The third-order valence-corrected chi connectivity index (χ3v) is 2.57. The standard InChI is InChI=1S/C12H23N5O.HI/c1-6-13-12(14-7-2)15-8-10-9(3)16-17(4)11(10)18-5;/h6-8H2,1-5H3,(H2,13,14,15);1H. The van der Waals surface area contributed by atoms with Gasteiger partial charge in [-0.25, -0.2) is 9.67 Å². The minimum Gasteiger partial charge on any atom is -0.481 e. The molecule has 0 bridgehead atoms. The lowest BCUT2D eigenvalue weighted by Gasteiger charge is -2.09. The van der Waals surface area contributed by atoms with Crippen molar-refractivity contribution in [2.24, 2.45) is 12.0 Å². The number of guanidine groups is 1. The van der Waals surface area contributed by atoms with E-state index in [0.29, 0.717) is 6.54 Å². The minimum absolute atomic E-state index is 0. The van der Waals surface area contributed by atoms with Crippen LogP contribution < -0.4 is 15.4 Å². The number of halogens is 1. The number of aromatic nitrogens is 2. The molecule has 0 aliphatic carbocycles. The lowest BCUT2D eigenvalue weighted by atomic mass is 10.2. The second kappa shape index (κ2) is 9.00. The van der Waals surface area contributed by atoms with E-state index in [1.807, 2.05) is 27.8 Å². The topological polar surface area (TPSA) is 63.5 Å². The molecule has 1 aromatic rings. The highest BCUT2D eigenvalue weighted by atomic mass is 127. The van der Waals surface area contributed by atoms with E-state index < -0.39 is 0 Å². The summed E-state index contributed by atoms with van der Waals surface area (Å²) in [6.07, 6.45) is 0. The molecule has 0 unspecified atom stereocenters. The molecule has 7 heteroatoms. The quantitative estimate of drug-likeness (QED) is 0.460. The molecule has 0 aliphatic rings. The van der Waals surface area contributed by atoms with Crippen molar-refractivity contribution < 1.29 is 4.74 Å². The van der Waals surface area contributed by atoms with Crippen LogP contribution >= 0.6 is 24.0 Å². The van der Waals surface area contributed by atoms with Crippen LogP contribution in [-0.2, 0) is 13.6 Å². The monoisotopic (exact) mass is 381 g/mol. The van der Waals surface area contributed by atoms with Gasteiger partial charge in [-0.1, -0.05) is 0 Å². The van der Waals surface area contributed by atoms with Crippen LogP contribution in [0, 0.1) is 6.92 Å². The molecule has 0 aromatic carbocycles. The number of hydrogen-bond acceptors (Lipinski definition) is 3. The molecule has 0 saturated heterocycles. The number of nitrogens with zero attached hydrogens (tertiary/aromatic N) is 3. The van der Waals surface area contributed by atoms with Crippen LogP contribution in [0.25, 0.3) is 0 Å². The Morgan fingerprint density at radius 2 is 1.89 bits per heavy atom. The van der Waals surface area contributed by atoms with Gasteiger partial charge in [-0.2, -0.15) is 5.10 Å². The number of aryl methyl sites for hydroxylation is 2. The molecule has 1 rings (SSSR count). The summed E-state index contributed by atoms with van der Waals surface area (Å²) < 4.78 is 7.08. The van der Waals surface area contributed by atoms with Gasteiger partial charge in [-0.15, -0.1) is 24.0 Å². The zero-order chi connectivity index (χ0) is 13.5. The van der Waals surface area contributed by atoms with Crippen LogP contribution in [0.2, 0.25) is 0 Å². The highest BCUT2D eigenvalue weighted by Gasteiger charge is 2.13. The van der Waals surface area contributed by atoms with E-state index >= 15 is 0 Å². The maximum Gasteiger partial charge on any atom is 0.216 e. The third kappa shape index (κ3) is 4.88. The Bertz CT molecular complexity index is 408. The van der Waals surface area contributed by atoms with Crippen molar-refractivity contribution >= 4 is 29.9 Å². The van der Waals surface area contributed by atoms with Crippen molar-refractivity contribution in [3.8, 4) is 5.88 Å². The molecule has 110 valence electrons. The summed E-state index contributed by atoms with van der Waals surface area (Å²) >= 11 is 0. The number of aliphatic imine (C=N–C) groups is 1. The fraction of sp³-hybridized carbons (Fsp3) is 0.667. The normalized spacial score (nSPS) is 9.53. The second-order valence-electron chi connectivity index (χ2n) is 3.92. The summed E-state index contributed by atoms with van der Waals surface area (Å²) in [6, 6.07) is 0. The highest BCUT2D eigenvalue weighted by molar-refractivity contribution is 14.0. The number of methoxy groups -OCH3 is 1. The second-order valence-corrected chi connectivity index (χ2v) is 3.92. The lowest BCUT2D eigenvalue weighted by Crippen LogP contribution is -2.37. The first-order valence-electron chi connectivity index (χ1n) is 6.22. The summed E-state index contributed by atoms with van der Waals surface area (Å²) in [6.45, 7) is 8.29. The molecule has 19 heavy (non-hydrogen) atoms. The number of ether oxygens (including phenoxy) is 1. The van der Waals surface area contributed by atoms with Gasteiger partial charge in [0.2, 0.25) is 5.88 Å².